The summed E-state index contributed by atoms with van der Waals surface area (Å²) in [4.78, 5) is 12.4. The predicted octanol–water partition coefficient (Wildman–Crippen LogP) is 1.65. The van der Waals surface area contributed by atoms with Crippen LogP contribution in [0.4, 0.5) is 0 Å². The van der Waals surface area contributed by atoms with Gasteiger partial charge < -0.3 is 24.5 Å². The van der Waals surface area contributed by atoms with Gasteiger partial charge in [-0.15, -0.1) is 0 Å². The first kappa shape index (κ1) is 17.6. The Kier molecular flexibility index (Phi) is 4.88. The Balaban J connectivity index is 1.44. The molecule has 138 valence electrons. The highest BCUT2D eigenvalue weighted by Gasteiger charge is 2.27. The van der Waals surface area contributed by atoms with Gasteiger partial charge in [-0.1, -0.05) is 30.3 Å². The van der Waals surface area contributed by atoms with Crippen LogP contribution >= 0.6 is 0 Å². The molecular formula is C20H20BNO5. The SMILES string of the molecule is O=C(Cc1ccc2c(c1)CCO2)NC(Cc1coc2ccccc12)B(O)O. The fraction of sp³-hybridized carbons (Fsp3) is 0.250. The highest BCUT2D eigenvalue weighted by molar-refractivity contribution is 6.43. The molecule has 2 heterocycles. The van der Waals surface area contributed by atoms with Crippen molar-refractivity contribution in [1.29, 1.82) is 0 Å². The van der Waals surface area contributed by atoms with Gasteiger partial charge in [0.25, 0.3) is 0 Å². The summed E-state index contributed by atoms with van der Waals surface area (Å²) in [6.45, 7) is 0.669. The molecule has 0 saturated heterocycles. The summed E-state index contributed by atoms with van der Waals surface area (Å²) >= 11 is 0. The van der Waals surface area contributed by atoms with Gasteiger partial charge in [-0.25, -0.2) is 0 Å². The molecule has 3 N–H and O–H groups in total. The van der Waals surface area contributed by atoms with E-state index in [4.69, 9.17) is 9.15 Å². The van der Waals surface area contributed by atoms with Gasteiger partial charge in [0.15, 0.2) is 0 Å². The summed E-state index contributed by atoms with van der Waals surface area (Å²) < 4.78 is 11.0. The lowest BCUT2D eigenvalue weighted by molar-refractivity contribution is -0.120. The van der Waals surface area contributed by atoms with Gasteiger partial charge >= 0.3 is 7.12 Å². The summed E-state index contributed by atoms with van der Waals surface area (Å²) in [7, 11) is -1.67. The number of hydrogen-bond acceptors (Lipinski definition) is 5. The molecule has 0 aliphatic carbocycles. The third kappa shape index (κ3) is 3.84. The van der Waals surface area contributed by atoms with Crippen molar-refractivity contribution in [2.45, 2.75) is 25.2 Å². The van der Waals surface area contributed by atoms with Crippen molar-refractivity contribution in [3.8, 4) is 5.75 Å². The molecule has 6 nitrogen and oxygen atoms in total. The third-order valence-electron chi connectivity index (χ3n) is 4.83. The van der Waals surface area contributed by atoms with Crippen LogP contribution in [0.2, 0.25) is 0 Å². The minimum atomic E-state index is -1.67. The Hall–Kier alpha value is -2.77. The van der Waals surface area contributed by atoms with E-state index in [1.807, 2.05) is 42.5 Å². The highest BCUT2D eigenvalue weighted by Crippen LogP contribution is 2.26. The van der Waals surface area contributed by atoms with Gasteiger partial charge in [-0.3, -0.25) is 4.79 Å². The molecule has 0 radical (unpaired) electrons. The van der Waals surface area contributed by atoms with E-state index in [2.05, 4.69) is 5.32 Å². The number of para-hydroxylation sites is 1. The van der Waals surface area contributed by atoms with Crippen molar-refractivity contribution >= 4 is 24.0 Å². The van der Waals surface area contributed by atoms with Crippen LogP contribution in [0.1, 0.15) is 16.7 Å². The van der Waals surface area contributed by atoms with Crippen LogP contribution in [0.25, 0.3) is 11.0 Å². The molecule has 0 bridgehead atoms. The standard InChI is InChI=1S/C20H20BNO5/c23-20(10-13-5-6-17-14(9-13)7-8-26-17)22-19(21(24)25)11-15-12-27-18-4-2-1-3-16(15)18/h1-6,9,12,19,24-25H,7-8,10-11H2,(H,22,23). The molecule has 0 spiro atoms. The van der Waals surface area contributed by atoms with Crippen molar-refractivity contribution in [2.75, 3.05) is 6.61 Å². The van der Waals surface area contributed by atoms with Crippen molar-refractivity contribution in [3.05, 3.63) is 65.4 Å². The number of carbonyl (C=O) groups is 1. The Morgan fingerprint density at radius 1 is 1.22 bits per heavy atom. The first-order valence-electron chi connectivity index (χ1n) is 8.95. The number of ether oxygens (including phenoxy) is 1. The monoisotopic (exact) mass is 365 g/mol. The lowest BCUT2D eigenvalue weighted by Crippen LogP contribution is -2.48. The molecule has 1 aromatic heterocycles. The number of carbonyl (C=O) groups excluding carboxylic acids is 1. The average molecular weight is 365 g/mol. The highest BCUT2D eigenvalue weighted by atomic mass is 16.5. The number of amides is 1. The molecule has 2 aromatic carbocycles. The Labute approximate surface area is 156 Å². The lowest BCUT2D eigenvalue weighted by Gasteiger charge is -2.17. The Morgan fingerprint density at radius 2 is 2.07 bits per heavy atom. The van der Waals surface area contributed by atoms with Crippen LogP contribution in [0.5, 0.6) is 5.75 Å². The van der Waals surface area contributed by atoms with Gasteiger partial charge in [0.2, 0.25) is 5.91 Å². The summed E-state index contributed by atoms with van der Waals surface area (Å²) in [6.07, 6.45) is 2.87. The quantitative estimate of drug-likeness (QED) is 0.578. The van der Waals surface area contributed by atoms with E-state index < -0.39 is 13.1 Å². The van der Waals surface area contributed by atoms with E-state index in [-0.39, 0.29) is 18.7 Å². The molecule has 27 heavy (non-hydrogen) atoms. The zero-order valence-corrected chi connectivity index (χ0v) is 14.7. The number of nitrogens with one attached hydrogen (secondary N) is 1. The number of hydrogen-bond donors (Lipinski definition) is 3. The fourth-order valence-corrected chi connectivity index (χ4v) is 3.45. The summed E-state index contributed by atoms with van der Waals surface area (Å²) in [5.41, 5.74) is 3.52. The van der Waals surface area contributed by atoms with Gasteiger partial charge in [0.05, 0.1) is 25.2 Å². The molecule has 1 atom stereocenters. The minimum Gasteiger partial charge on any atom is -0.493 e. The second-order valence-electron chi connectivity index (χ2n) is 6.77. The molecule has 1 unspecified atom stereocenters. The second-order valence-corrected chi connectivity index (χ2v) is 6.77. The van der Waals surface area contributed by atoms with Gasteiger partial charge in [0, 0.05) is 11.8 Å². The fourth-order valence-electron chi connectivity index (χ4n) is 3.45. The predicted molar refractivity (Wildman–Crippen MR) is 101 cm³/mol. The maximum absolute atomic E-state index is 12.4. The summed E-state index contributed by atoms with van der Waals surface area (Å²) in [5.74, 6) is -0.217. The van der Waals surface area contributed by atoms with E-state index in [0.717, 1.165) is 39.8 Å². The molecule has 1 amide bonds. The molecule has 4 rings (SSSR count). The maximum Gasteiger partial charge on any atom is 0.475 e. The Morgan fingerprint density at radius 3 is 2.93 bits per heavy atom. The number of benzene rings is 2. The van der Waals surface area contributed by atoms with Crippen LogP contribution < -0.4 is 10.1 Å². The molecule has 0 saturated carbocycles. The van der Waals surface area contributed by atoms with E-state index in [1.54, 1.807) is 6.26 Å². The van der Waals surface area contributed by atoms with Crippen LogP contribution in [-0.4, -0.2) is 35.6 Å². The molecule has 0 fully saturated rings. The third-order valence-corrected chi connectivity index (χ3v) is 4.83. The molecule has 1 aliphatic rings. The Bertz CT molecular complexity index is 968. The van der Waals surface area contributed by atoms with E-state index in [0.29, 0.717) is 6.61 Å². The van der Waals surface area contributed by atoms with Crippen LogP contribution in [0, 0.1) is 0 Å². The molecular weight excluding hydrogens is 345 g/mol. The second kappa shape index (κ2) is 7.46. The smallest absolute Gasteiger partial charge is 0.475 e. The molecule has 3 aromatic rings. The first-order chi connectivity index (χ1) is 13.1. The van der Waals surface area contributed by atoms with E-state index in [1.165, 1.54) is 0 Å². The molecule has 1 aliphatic heterocycles. The first-order valence-corrected chi connectivity index (χ1v) is 8.95. The minimum absolute atomic E-state index is 0.169. The normalized spacial score (nSPS) is 13.9. The average Bonchev–Trinajstić information content (AvgIpc) is 3.27. The lowest BCUT2D eigenvalue weighted by atomic mass is 9.75. The van der Waals surface area contributed by atoms with Crippen molar-refractivity contribution < 1.29 is 24.0 Å². The van der Waals surface area contributed by atoms with Crippen LogP contribution in [-0.2, 0) is 24.1 Å². The van der Waals surface area contributed by atoms with Gasteiger partial charge in [-0.2, -0.15) is 0 Å². The number of fused-ring (bicyclic) bond motifs is 2. The van der Waals surface area contributed by atoms with Crippen LogP contribution in [0.15, 0.2) is 53.1 Å². The maximum atomic E-state index is 12.4. The van der Waals surface area contributed by atoms with E-state index in [9.17, 15) is 14.8 Å². The zero-order valence-electron chi connectivity index (χ0n) is 14.7. The largest absolute Gasteiger partial charge is 0.493 e. The zero-order chi connectivity index (χ0) is 18.8. The summed E-state index contributed by atoms with van der Waals surface area (Å²) in [6, 6.07) is 13.2. The van der Waals surface area contributed by atoms with Crippen molar-refractivity contribution in [3.63, 3.8) is 0 Å². The van der Waals surface area contributed by atoms with Gasteiger partial charge in [-0.05, 0) is 35.2 Å². The van der Waals surface area contributed by atoms with Gasteiger partial charge in [0.1, 0.15) is 11.3 Å². The number of rotatable bonds is 6. The number of furan rings is 1. The van der Waals surface area contributed by atoms with Crippen molar-refractivity contribution in [1.82, 2.24) is 5.32 Å². The van der Waals surface area contributed by atoms with E-state index >= 15 is 0 Å². The summed E-state index contributed by atoms with van der Waals surface area (Å²) in [5, 5.41) is 23.1. The topological polar surface area (TPSA) is 91.9 Å². The molecule has 7 heteroatoms. The van der Waals surface area contributed by atoms with Crippen molar-refractivity contribution in [2.24, 2.45) is 0 Å². The van der Waals surface area contributed by atoms with Crippen LogP contribution in [0.3, 0.4) is 0 Å².